The molecule has 2 atom stereocenters. The Kier molecular flexibility index (Phi) is 6.09. The topological polar surface area (TPSA) is 110 Å². The van der Waals surface area contributed by atoms with E-state index >= 15 is 0 Å². The number of nitrogens with one attached hydrogen (secondary N) is 1. The molecule has 0 aliphatic carbocycles. The van der Waals surface area contributed by atoms with E-state index in [9.17, 15) is 18.9 Å². The van der Waals surface area contributed by atoms with Crippen LogP contribution >= 0.6 is 7.80 Å². The Hall–Kier alpha value is -3.84. The highest BCUT2D eigenvalue weighted by molar-refractivity contribution is 7.52. The minimum atomic E-state index is -1.86. The summed E-state index contributed by atoms with van der Waals surface area (Å²) in [7, 11) is -1.86. The van der Waals surface area contributed by atoms with E-state index in [1.807, 2.05) is 0 Å². The molecule has 8 nitrogen and oxygen atoms in total. The van der Waals surface area contributed by atoms with E-state index in [1.54, 1.807) is 55.3 Å². The van der Waals surface area contributed by atoms with Crippen molar-refractivity contribution in [1.82, 2.24) is 25.1 Å². The quantitative estimate of drug-likeness (QED) is 0.437. The molecule has 4 aromatic rings. The maximum atomic E-state index is 13.5. The molecule has 0 fully saturated rings. The summed E-state index contributed by atoms with van der Waals surface area (Å²) in [5.74, 6) is -1.40. The van der Waals surface area contributed by atoms with Gasteiger partial charge in [0.1, 0.15) is 19.2 Å². The van der Waals surface area contributed by atoms with Crippen molar-refractivity contribution in [1.29, 1.82) is 0 Å². The number of hydrogen-bond donors (Lipinski definition) is 2. The molecule has 2 heterocycles. The van der Waals surface area contributed by atoms with Gasteiger partial charge in [-0.05, 0) is 36.0 Å². The molecular formula is C22H19FN5O3P. The number of nitrogens with zero attached hydrogens (tertiary/aromatic N) is 4. The van der Waals surface area contributed by atoms with Crippen LogP contribution in [0.5, 0.6) is 5.88 Å². The van der Waals surface area contributed by atoms with Crippen LogP contribution < -0.4 is 10.6 Å². The molecule has 2 aromatic heterocycles. The third-order valence-corrected chi connectivity index (χ3v) is 5.99. The summed E-state index contributed by atoms with van der Waals surface area (Å²) in [6.45, 7) is 1.65. The number of aromatic hydroxyl groups is 1. The second-order valence-corrected chi connectivity index (χ2v) is 8.68. The van der Waals surface area contributed by atoms with Crippen LogP contribution in [-0.2, 0) is 4.57 Å². The second-order valence-electron chi connectivity index (χ2n) is 6.99. The minimum absolute atomic E-state index is 0.115. The Labute approximate surface area is 183 Å². The van der Waals surface area contributed by atoms with Crippen molar-refractivity contribution in [2.45, 2.75) is 6.04 Å². The van der Waals surface area contributed by atoms with Crippen LogP contribution in [0.3, 0.4) is 0 Å². The predicted molar refractivity (Wildman–Crippen MR) is 118 cm³/mol. The Morgan fingerprint density at radius 1 is 1.12 bits per heavy atom. The van der Waals surface area contributed by atoms with Crippen LogP contribution in [0, 0.1) is 5.82 Å². The zero-order valence-corrected chi connectivity index (χ0v) is 17.9. The molecule has 0 saturated carbocycles. The van der Waals surface area contributed by atoms with Gasteiger partial charge in [-0.1, -0.05) is 36.4 Å². The van der Waals surface area contributed by atoms with Crippen LogP contribution in [0.1, 0.15) is 27.5 Å². The summed E-state index contributed by atoms with van der Waals surface area (Å²) in [6.07, 6.45) is 4.35. The average Bonchev–Trinajstić information content (AvgIpc) is 3.33. The third-order valence-electron chi connectivity index (χ3n) is 4.84. The Balaban J connectivity index is 1.65. The first-order chi connectivity index (χ1) is 15.4. The van der Waals surface area contributed by atoms with Crippen molar-refractivity contribution in [3.63, 3.8) is 0 Å². The lowest BCUT2D eigenvalue weighted by Gasteiger charge is -2.20. The van der Waals surface area contributed by atoms with Crippen LogP contribution in [0.25, 0.3) is 5.95 Å². The molecule has 1 amide bonds. The number of halogens is 1. The van der Waals surface area contributed by atoms with Gasteiger partial charge in [-0.25, -0.2) is 14.1 Å². The lowest BCUT2D eigenvalue weighted by molar-refractivity contribution is 0.0939. The standard InChI is InChI=1S/C22H19FN5O3P/c1-32(31)17-9-5-15(6-10-17)19(14-3-7-16(23)8-4-14)26-20(29)18-13-24-22(27-21(18)30)28-12-2-11-25-28/h2-13,19,32H,1H3,(H,26,29)(H,24,27,30)/t19-/m1/s1. The van der Waals surface area contributed by atoms with Gasteiger partial charge >= 0.3 is 0 Å². The fourth-order valence-electron chi connectivity index (χ4n) is 3.15. The smallest absolute Gasteiger partial charge is 0.259 e. The van der Waals surface area contributed by atoms with Gasteiger partial charge in [0.05, 0.1) is 6.04 Å². The van der Waals surface area contributed by atoms with Gasteiger partial charge in [-0.15, -0.1) is 0 Å². The number of hydrogen-bond acceptors (Lipinski definition) is 6. The molecule has 10 heteroatoms. The molecule has 2 N–H and O–H groups in total. The predicted octanol–water partition coefficient (Wildman–Crippen LogP) is 2.84. The number of rotatable bonds is 6. The van der Waals surface area contributed by atoms with Crippen molar-refractivity contribution in [2.75, 3.05) is 6.66 Å². The molecule has 4 rings (SSSR count). The normalized spacial score (nSPS) is 12.8. The van der Waals surface area contributed by atoms with Gasteiger partial charge < -0.3 is 15.0 Å². The van der Waals surface area contributed by atoms with Crippen LogP contribution in [-0.4, -0.2) is 37.4 Å². The van der Waals surface area contributed by atoms with Gasteiger partial charge in [0, 0.05) is 23.9 Å². The molecule has 0 aliphatic heterocycles. The summed E-state index contributed by atoms with van der Waals surface area (Å²) < 4.78 is 26.6. The first-order valence-corrected chi connectivity index (χ1v) is 11.6. The van der Waals surface area contributed by atoms with E-state index in [0.29, 0.717) is 16.4 Å². The molecular weight excluding hydrogens is 432 g/mol. The van der Waals surface area contributed by atoms with Crippen molar-refractivity contribution >= 4 is 19.0 Å². The zero-order valence-electron chi connectivity index (χ0n) is 16.9. The molecule has 0 aliphatic rings. The summed E-state index contributed by atoms with van der Waals surface area (Å²) in [5.41, 5.74) is 1.21. The van der Waals surface area contributed by atoms with Crippen LogP contribution in [0.4, 0.5) is 4.39 Å². The minimum Gasteiger partial charge on any atom is -0.493 e. The van der Waals surface area contributed by atoms with E-state index in [0.717, 1.165) is 0 Å². The molecule has 0 bridgehead atoms. The van der Waals surface area contributed by atoms with E-state index in [4.69, 9.17) is 0 Å². The number of amides is 1. The summed E-state index contributed by atoms with van der Waals surface area (Å²) >= 11 is 0. The number of carbonyl (C=O) groups is 1. The molecule has 0 spiro atoms. The van der Waals surface area contributed by atoms with E-state index in [2.05, 4.69) is 20.4 Å². The highest BCUT2D eigenvalue weighted by atomic mass is 31.1. The van der Waals surface area contributed by atoms with Crippen molar-refractivity contribution in [3.05, 3.63) is 95.7 Å². The van der Waals surface area contributed by atoms with Gasteiger partial charge in [0.25, 0.3) is 11.9 Å². The lowest BCUT2D eigenvalue weighted by Crippen LogP contribution is -2.30. The summed E-state index contributed by atoms with van der Waals surface area (Å²) in [4.78, 5) is 21.0. The summed E-state index contributed by atoms with van der Waals surface area (Å²) in [6, 6.07) is 13.7. The first-order valence-electron chi connectivity index (χ1n) is 9.65. The molecule has 32 heavy (non-hydrogen) atoms. The molecule has 162 valence electrons. The number of aromatic nitrogens is 4. The fraction of sp³-hybridized carbons (Fsp3) is 0.0909. The zero-order chi connectivity index (χ0) is 22.7. The fourth-order valence-corrected chi connectivity index (χ4v) is 3.79. The maximum Gasteiger partial charge on any atom is 0.259 e. The number of carbonyl (C=O) groups excluding carboxylic acids is 1. The van der Waals surface area contributed by atoms with Crippen molar-refractivity contribution in [3.8, 4) is 11.8 Å². The maximum absolute atomic E-state index is 13.5. The third kappa shape index (κ3) is 4.58. The van der Waals surface area contributed by atoms with Gasteiger partial charge in [-0.2, -0.15) is 10.1 Å². The van der Waals surface area contributed by atoms with Gasteiger partial charge in [0.2, 0.25) is 5.88 Å². The van der Waals surface area contributed by atoms with Crippen molar-refractivity contribution < 1.29 is 18.9 Å². The Bertz CT molecular complexity index is 1260. The molecule has 2 aromatic carbocycles. The van der Waals surface area contributed by atoms with Crippen LogP contribution in [0.15, 0.2) is 73.2 Å². The molecule has 0 radical (unpaired) electrons. The van der Waals surface area contributed by atoms with E-state index in [-0.39, 0.29) is 11.5 Å². The highest BCUT2D eigenvalue weighted by Crippen LogP contribution is 2.25. The summed E-state index contributed by atoms with van der Waals surface area (Å²) in [5, 5.41) is 17.8. The SMILES string of the molecule is C[PH](=O)c1ccc([C@H](NC(=O)c2cnc(-n3cccn3)nc2O)c2ccc(F)cc2)cc1. The van der Waals surface area contributed by atoms with Gasteiger partial charge in [0.15, 0.2) is 0 Å². The molecule has 1 unspecified atom stereocenters. The first kappa shape index (κ1) is 21.4. The molecule has 0 saturated heterocycles. The van der Waals surface area contributed by atoms with Crippen molar-refractivity contribution in [2.24, 2.45) is 0 Å². The van der Waals surface area contributed by atoms with Gasteiger partial charge in [-0.3, -0.25) is 4.79 Å². The van der Waals surface area contributed by atoms with E-state index < -0.39 is 31.4 Å². The van der Waals surface area contributed by atoms with E-state index in [1.165, 1.54) is 29.2 Å². The largest absolute Gasteiger partial charge is 0.493 e. The number of benzene rings is 2. The Morgan fingerprint density at radius 3 is 2.34 bits per heavy atom. The average molecular weight is 451 g/mol. The Morgan fingerprint density at radius 2 is 1.78 bits per heavy atom. The van der Waals surface area contributed by atoms with Crippen LogP contribution in [0.2, 0.25) is 0 Å². The second kappa shape index (κ2) is 9.11. The lowest BCUT2D eigenvalue weighted by atomic mass is 9.98. The monoisotopic (exact) mass is 451 g/mol. The highest BCUT2D eigenvalue weighted by Gasteiger charge is 2.22.